The molecule has 160 valence electrons. The van der Waals surface area contributed by atoms with Crippen LogP contribution in [0.15, 0.2) is 48.5 Å². The van der Waals surface area contributed by atoms with Gasteiger partial charge in [0.1, 0.15) is 0 Å². The zero-order chi connectivity index (χ0) is 21.4. The number of benzene rings is 2. The third kappa shape index (κ3) is 7.02. The Bertz CT molecular complexity index is 728. The maximum atomic E-state index is 2.45. The second-order valence-corrected chi connectivity index (χ2v) is 9.68. The highest BCUT2D eigenvalue weighted by Gasteiger charge is 2.15. The molecular weight excluding hydrogens is 348 g/mol. The molecule has 5 atom stereocenters. The first-order valence-electron chi connectivity index (χ1n) is 12.0. The largest absolute Gasteiger partial charge is 0.0648 e. The molecule has 0 amide bonds. The van der Waals surface area contributed by atoms with E-state index in [1.165, 1.54) is 54.4 Å². The highest BCUT2D eigenvalue weighted by molar-refractivity contribution is 5.29. The molecule has 0 fully saturated rings. The summed E-state index contributed by atoms with van der Waals surface area (Å²) in [4.78, 5) is 0. The van der Waals surface area contributed by atoms with Gasteiger partial charge >= 0.3 is 0 Å². The molecule has 0 nitrogen and oxygen atoms in total. The van der Waals surface area contributed by atoms with Crippen molar-refractivity contribution in [2.24, 2.45) is 5.92 Å². The molecule has 0 bridgehead atoms. The standard InChI is InChI=1S/C29H44/c1-8-22(4)26-12-10-14-28(19-26)24(6)17-16-21(3)18-25(7)29-15-11-13-27(20-29)23(5)9-2/h10-15,19-25H,8-9,16-18H2,1-7H3. The molecule has 0 aliphatic rings. The van der Waals surface area contributed by atoms with Crippen LogP contribution in [0.4, 0.5) is 0 Å². The van der Waals surface area contributed by atoms with Gasteiger partial charge in [-0.2, -0.15) is 0 Å². The topological polar surface area (TPSA) is 0 Å². The Balaban J connectivity index is 1.90. The van der Waals surface area contributed by atoms with E-state index in [4.69, 9.17) is 0 Å². The van der Waals surface area contributed by atoms with Gasteiger partial charge in [-0.15, -0.1) is 0 Å². The van der Waals surface area contributed by atoms with Gasteiger partial charge in [0.2, 0.25) is 0 Å². The fourth-order valence-corrected chi connectivity index (χ4v) is 4.37. The molecule has 0 saturated carbocycles. The Kier molecular flexibility index (Phi) is 9.47. The van der Waals surface area contributed by atoms with E-state index in [-0.39, 0.29) is 0 Å². The first-order valence-corrected chi connectivity index (χ1v) is 12.0. The molecule has 0 spiro atoms. The minimum absolute atomic E-state index is 0.637. The SMILES string of the molecule is CCC(C)c1cccc(C(C)CCC(C)CC(C)c2cccc(C(C)CC)c2)c1. The van der Waals surface area contributed by atoms with Crippen molar-refractivity contribution in [1.29, 1.82) is 0 Å². The predicted octanol–water partition coefficient (Wildman–Crippen LogP) is 9.43. The Morgan fingerprint density at radius 3 is 1.41 bits per heavy atom. The van der Waals surface area contributed by atoms with Crippen LogP contribution in [0.3, 0.4) is 0 Å². The summed E-state index contributed by atoms with van der Waals surface area (Å²) in [5.41, 5.74) is 6.03. The Hall–Kier alpha value is -1.56. The molecule has 0 aromatic heterocycles. The summed E-state index contributed by atoms with van der Waals surface area (Å²) in [5, 5.41) is 0. The van der Waals surface area contributed by atoms with E-state index < -0.39 is 0 Å². The summed E-state index contributed by atoms with van der Waals surface area (Å²) in [6.07, 6.45) is 6.30. The second kappa shape index (κ2) is 11.6. The van der Waals surface area contributed by atoms with Gasteiger partial charge in [-0.05, 0) is 77.5 Å². The summed E-state index contributed by atoms with van der Waals surface area (Å²) in [7, 11) is 0. The molecule has 0 heteroatoms. The quantitative estimate of drug-likeness (QED) is 0.357. The monoisotopic (exact) mass is 392 g/mol. The van der Waals surface area contributed by atoms with Crippen LogP contribution in [0, 0.1) is 5.92 Å². The van der Waals surface area contributed by atoms with Crippen LogP contribution in [-0.4, -0.2) is 0 Å². The molecule has 29 heavy (non-hydrogen) atoms. The van der Waals surface area contributed by atoms with Crippen molar-refractivity contribution in [1.82, 2.24) is 0 Å². The predicted molar refractivity (Wildman–Crippen MR) is 130 cm³/mol. The average molecular weight is 393 g/mol. The van der Waals surface area contributed by atoms with Crippen molar-refractivity contribution in [3.63, 3.8) is 0 Å². The molecule has 0 heterocycles. The molecule has 0 radical (unpaired) electrons. The highest BCUT2D eigenvalue weighted by Crippen LogP contribution is 2.31. The van der Waals surface area contributed by atoms with Gasteiger partial charge in [-0.3, -0.25) is 0 Å². The number of rotatable bonds is 11. The maximum absolute atomic E-state index is 2.45. The van der Waals surface area contributed by atoms with Crippen LogP contribution in [0.25, 0.3) is 0 Å². The summed E-state index contributed by atoms with van der Waals surface area (Å²) in [6, 6.07) is 18.6. The number of hydrogen-bond donors (Lipinski definition) is 0. The molecule has 0 aliphatic heterocycles. The summed E-state index contributed by atoms with van der Waals surface area (Å²) < 4.78 is 0. The van der Waals surface area contributed by atoms with Crippen LogP contribution in [0.5, 0.6) is 0 Å². The van der Waals surface area contributed by atoms with E-state index in [2.05, 4.69) is 97.0 Å². The van der Waals surface area contributed by atoms with E-state index >= 15 is 0 Å². The van der Waals surface area contributed by atoms with Crippen molar-refractivity contribution < 1.29 is 0 Å². The summed E-state index contributed by atoms with van der Waals surface area (Å²) in [5.74, 6) is 3.36. The lowest BCUT2D eigenvalue weighted by Crippen LogP contribution is -2.05. The third-order valence-corrected chi connectivity index (χ3v) is 7.17. The Morgan fingerprint density at radius 2 is 0.966 bits per heavy atom. The maximum Gasteiger partial charge on any atom is -0.0188 e. The van der Waals surface area contributed by atoms with E-state index in [0.29, 0.717) is 23.7 Å². The molecule has 0 N–H and O–H groups in total. The van der Waals surface area contributed by atoms with Crippen molar-refractivity contribution in [2.45, 2.75) is 104 Å². The lowest BCUT2D eigenvalue weighted by atomic mass is 9.84. The van der Waals surface area contributed by atoms with E-state index in [0.717, 1.165) is 5.92 Å². The van der Waals surface area contributed by atoms with E-state index in [1.807, 2.05) is 0 Å². The molecule has 0 aliphatic carbocycles. The minimum atomic E-state index is 0.637. The van der Waals surface area contributed by atoms with Gasteiger partial charge in [0.05, 0.1) is 0 Å². The van der Waals surface area contributed by atoms with Crippen LogP contribution in [0.2, 0.25) is 0 Å². The fourth-order valence-electron chi connectivity index (χ4n) is 4.37. The zero-order valence-corrected chi connectivity index (χ0v) is 20.0. The van der Waals surface area contributed by atoms with Gasteiger partial charge in [0, 0.05) is 0 Å². The van der Waals surface area contributed by atoms with Crippen LogP contribution in [-0.2, 0) is 0 Å². The van der Waals surface area contributed by atoms with Gasteiger partial charge in [0.15, 0.2) is 0 Å². The summed E-state index contributed by atoms with van der Waals surface area (Å²) >= 11 is 0. The average Bonchev–Trinajstić information content (AvgIpc) is 2.76. The highest BCUT2D eigenvalue weighted by atomic mass is 14.2. The van der Waals surface area contributed by atoms with Crippen molar-refractivity contribution in [2.75, 3.05) is 0 Å². The number of hydrogen-bond acceptors (Lipinski definition) is 0. The van der Waals surface area contributed by atoms with Crippen molar-refractivity contribution in [3.05, 3.63) is 70.8 Å². The zero-order valence-electron chi connectivity index (χ0n) is 20.0. The smallest absolute Gasteiger partial charge is 0.0188 e. The first-order chi connectivity index (χ1) is 13.8. The normalized spacial score (nSPS) is 16.8. The Morgan fingerprint density at radius 1 is 0.552 bits per heavy atom. The van der Waals surface area contributed by atoms with Crippen molar-refractivity contribution in [3.8, 4) is 0 Å². The van der Waals surface area contributed by atoms with Crippen LogP contribution in [0.1, 0.15) is 126 Å². The molecule has 2 aromatic carbocycles. The van der Waals surface area contributed by atoms with Gasteiger partial charge in [-0.25, -0.2) is 0 Å². The molecular formula is C29H44. The fraction of sp³-hybridized carbons (Fsp3) is 0.586. The van der Waals surface area contributed by atoms with E-state index in [1.54, 1.807) is 0 Å². The lowest BCUT2D eigenvalue weighted by Gasteiger charge is -2.21. The van der Waals surface area contributed by atoms with Gasteiger partial charge in [0.25, 0.3) is 0 Å². The molecule has 5 unspecified atom stereocenters. The van der Waals surface area contributed by atoms with Gasteiger partial charge < -0.3 is 0 Å². The van der Waals surface area contributed by atoms with Crippen molar-refractivity contribution >= 4 is 0 Å². The summed E-state index contributed by atoms with van der Waals surface area (Å²) in [6.45, 7) is 16.5. The molecule has 2 rings (SSSR count). The third-order valence-electron chi connectivity index (χ3n) is 7.17. The minimum Gasteiger partial charge on any atom is -0.0648 e. The molecule has 0 saturated heterocycles. The van der Waals surface area contributed by atoms with E-state index in [9.17, 15) is 0 Å². The second-order valence-electron chi connectivity index (χ2n) is 9.68. The Labute approximate surface area is 181 Å². The van der Waals surface area contributed by atoms with Crippen LogP contribution < -0.4 is 0 Å². The van der Waals surface area contributed by atoms with Gasteiger partial charge in [-0.1, -0.05) is 103 Å². The lowest BCUT2D eigenvalue weighted by molar-refractivity contribution is 0.425. The van der Waals surface area contributed by atoms with Crippen LogP contribution >= 0.6 is 0 Å². The first kappa shape index (κ1) is 23.7. The molecule has 2 aromatic rings.